The Bertz CT molecular complexity index is 1720. The minimum absolute atomic E-state index is 0.395. The Morgan fingerprint density at radius 3 is 2.29 bits per heavy atom. The maximum Gasteiger partial charge on any atom is 0.433 e. The number of nitrogens with zero attached hydrogens (tertiary/aromatic N) is 3. The summed E-state index contributed by atoms with van der Waals surface area (Å²) in [5, 5.41) is 7.15. The van der Waals surface area contributed by atoms with Crippen LogP contribution in [0.4, 0.5) is 24.5 Å². The summed E-state index contributed by atoms with van der Waals surface area (Å²) in [4.78, 5) is 3.71. The summed E-state index contributed by atoms with van der Waals surface area (Å²) in [7, 11) is -0.921. The fourth-order valence-corrected chi connectivity index (χ4v) is 6.51. The highest BCUT2D eigenvalue weighted by atomic mass is 32.2. The van der Waals surface area contributed by atoms with Gasteiger partial charge in [-0.25, -0.2) is 12.8 Å². The molecule has 6 nitrogen and oxygen atoms in total. The Kier molecular flexibility index (Phi) is 9.15. The first-order valence-electron chi connectivity index (χ1n) is 12.3. The van der Waals surface area contributed by atoms with Crippen LogP contribution in [0.15, 0.2) is 88.7 Å². The highest BCUT2D eigenvalue weighted by Crippen LogP contribution is 2.34. The van der Waals surface area contributed by atoms with Gasteiger partial charge in [0.1, 0.15) is 5.69 Å². The van der Waals surface area contributed by atoms with Gasteiger partial charge in [0.25, 0.3) is 10.0 Å². The first-order chi connectivity index (χ1) is 19.4. The second-order valence-corrected chi connectivity index (χ2v) is 12.6. The van der Waals surface area contributed by atoms with E-state index in [-0.39, 0.29) is 0 Å². The summed E-state index contributed by atoms with van der Waals surface area (Å²) in [6.07, 6.45) is -1.98. The van der Waals surface area contributed by atoms with Crippen LogP contribution in [0.2, 0.25) is 0 Å². The lowest BCUT2D eigenvalue weighted by Gasteiger charge is -2.22. The third kappa shape index (κ3) is 6.95. The van der Waals surface area contributed by atoms with E-state index in [0.717, 1.165) is 27.0 Å². The zero-order chi connectivity index (χ0) is 29.8. The number of alkyl halides is 3. The van der Waals surface area contributed by atoms with Crippen molar-refractivity contribution in [2.45, 2.75) is 24.9 Å². The largest absolute Gasteiger partial charge is 0.433 e. The van der Waals surface area contributed by atoms with Crippen LogP contribution >= 0.6 is 22.9 Å². The molecule has 41 heavy (non-hydrogen) atoms. The van der Waals surface area contributed by atoms with Gasteiger partial charge in [-0.05, 0) is 83.3 Å². The minimum atomic E-state index is -4.72. The van der Waals surface area contributed by atoms with Crippen molar-refractivity contribution in [2.24, 2.45) is 0 Å². The number of rotatable bonds is 6. The van der Waals surface area contributed by atoms with Crippen molar-refractivity contribution < 1.29 is 21.6 Å². The van der Waals surface area contributed by atoms with E-state index in [1.165, 1.54) is 52.3 Å². The lowest BCUT2D eigenvalue weighted by Crippen LogP contribution is -2.27. The van der Waals surface area contributed by atoms with Gasteiger partial charge < -0.3 is 5.32 Å². The molecule has 12 heteroatoms. The number of hydrogen-bond acceptors (Lipinski definition) is 7. The highest BCUT2D eigenvalue weighted by Gasteiger charge is 2.34. The monoisotopic (exact) mass is 616 g/mol. The summed E-state index contributed by atoms with van der Waals surface area (Å²) in [6.45, 7) is 3.84. The minimum Gasteiger partial charge on any atom is -0.388 e. The fourth-order valence-electron chi connectivity index (χ4n) is 3.98. The molecule has 3 aromatic heterocycles. The average Bonchev–Trinajstić information content (AvgIpc) is 3.69. The number of anilines is 2. The molecule has 0 saturated heterocycles. The fraction of sp³-hybridized carbons (Fsp3) is 0.172. The number of aryl methyl sites for hydroxylation is 2. The van der Waals surface area contributed by atoms with Crippen LogP contribution < -0.4 is 9.62 Å². The molecular weight excluding hydrogens is 590 g/mol. The number of nitrogens with one attached hydrogen (secondary N) is 1. The Balaban J connectivity index is 0.000000231. The van der Waals surface area contributed by atoms with Gasteiger partial charge in [-0.15, -0.1) is 11.3 Å². The van der Waals surface area contributed by atoms with Crippen molar-refractivity contribution in [2.75, 3.05) is 23.7 Å². The molecule has 1 N–H and O–H groups in total. The van der Waals surface area contributed by atoms with Gasteiger partial charge in [0.05, 0.1) is 10.6 Å². The first kappa shape index (κ1) is 30.2. The Labute approximate surface area is 245 Å². The number of sulfonamides is 1. The second-order valence-electron chi connectivity index (χ2n) is 9.02. The topological polar surface area (TPSA) is 75.2 Å². The molecule has 0 aliphatic heterocycles. The molecule has 0 spiro atoms. The normalized spacial score (nSPS) is 11.5. The molecule has 0 unspecified atom stereocenters. The Hall–Kier alpha value is -3.74. The molecule has 5 aromatic rings. The van der Waals surface area contributed by atoms with E-state index in [9.17, 15) is 21.6 Å². The van der Waals surface area contributed by atoms with E-state index in [1.807, 2.05) is 36.8 Å². The van der Waals surface area contributed by atoms with Gasteiger partial charge in [0, 0.05) is 48.0 Å². The molecule has 0 atom stereocenters. The molecule has 5 rings (SSSR count). The molecule has 0 fully saturated rings. The van der Waals surface area contributed by atoms with Crippen molar-refractivity contribution in [1.29, 1.82) is 0 Å². The van der Waals surface area contributed by atoms with Gasteiger partial charge in [0.15, 0.2) is 0 Å². The van der Waals surface area contributed by atoms with Crippen LogP contribution in [0.25, 0.3) is 21.6 Å². The van der Waals surface area contributed by atoms with E-state index in [1.54, 1.807) is 19.1 Å². The van der Waals surface area contributed by atoms with E-state index in [4.69, 9.17) is 0 Å². The van der Waals surface area contributed by atoms with Crippen molar-refractivity contribution in [3.8, 4) is 21.6 Å². The maximum absolute atomic E-state index is 12.9. The number of thiophene rings is 1. The predicted molar refractivity (Wildman–Crippen MR) is 161 cm³/mol. The summed E-state index contributed by atoms with van der Waals surface area (Å²) in [5.74, 6) is 0. The van der Waals surface area contributed by atoms with Gasteiger partial charge in [-0.2, -0.15) is 13.2 Å². The van der Waals surface area contributed by atoms with Gasteiger partial charge in [0.2, 0.25) is 0 Å². The maximum atomic E-state index is 12.9. The lowest BCUT2D eigenvalue weighted by atomic mass is 10.1. The summed E-state index contributed by atoms with van der Waals surface area (Å²) in [6, 6.07) is 17.2. The van der Waals surface area contributed by atoms with Crippen molar-refractivity contribution in [1.82, 2.24) is 9.36 Å². The molecule has 0 aliphatic rings. The van der Waals surface area contributed by atoms with Crippen LogP contribution in [0.3, 0.4) is 0 Å². The van der Waals surface area contributed by atoms with Gasteiger partial charge >= 0.3 is 6.18 Å². The quantitative estimate of drug-likeness (QED) is 0.209. The van der Waals surface area contributed by atoms with Gasteiger partial charge in [-0.1, -0.05) is 30.3 Å². The summed E-state index contributed by atoms with van der Waals surface area (Å²) in [5.41, 5.74) is 5.51. The molecule has 0 amide bonds. The molecule has 214 valence electrons. The SMILES string of the molecule is CNc1cc(-c2cnsc2)ccc1C.Cc1ccc(-c2cccs2)cc1N(C)S(=O)(=O)c1ccnc(C(F)(F)F)c1. The number of hydrogen-bond donors (Lipinski definition) is 1. The lowest BCUT2D eigenvalue weighted by molar-refractivity contribution is -0.141. The summed E-state index contributed by atoms with van der Waals surface area (Å²) < 4.78 is 69.5. The van der Waals surface area contributed by atoms with Crippen LogP contribution in [-0.4, -0.2) is 31.9 Å². The molecule has 2 aromatic carbocycles. The number of aromatic nitrogens is 2. The third-order valence-corrected chi connectivity index (χ3v) is 9.58. The molecule has 3 heterocycles. The molecule has 0 aliphatic carbocycles. The highest BCUT2D eigenvalue weighted by molar-refractivity contribution is 7.92. The number of benzene rings is 2. The van der Waals surface area contributed by atoms with Crippen LogP contribution in [0.1, 0.15) is 16.8 Å². The Morgan fingerprint density at radius 2 is 1.66 bits per heavy atom. The van der Waals surface area contributed by atoms with E-state index < -0.39 is 26.8 Å². The van der Waals surface area contributed by atoms with Crippen molar-refractivity contribution >= 4 is 44.3 Å². The van der Waals surface area contributed by atoms with Crippen LogP contribution in [0, 0.1) is 13.8 Å². The first-order valence-corrected chi connectivity index (χ1v) is 15.4. The van der Waals surface area contributed by atoms with E-state index in [0.29, 0.717) is 17.3 Å². The average molecular weight is 617 g/mol. The second kappa shape index (κ2) is 12.4. The van der Waals surface area contributed by atoms with Crippen molar-refractivity contribution in [3.63, 3.8) is 0 Å². The predicted octanol–water partition coefficient (Wildman–Crippen LogP) is 8.12. The third-order valence-electron chi connectivity index (χ3n) is 6.31. The number of halogens is 3. The van der Waals surface area contributed by atoms with Crippen LogP contribution in [-0.2, 0) is 16.2 Å². The van der Waals surface area contributed by atoms with E-state index >= 15 is 0 Å². The van der Waals surface area contributed by atoms with Crippen molar-refractivity contribution in [3.05, 3.63) is 101 Å². The number of pyridine rings is 1. The Morgan fingerprint density at radius 1 is 0.927 bits per heavy atom. The van der Waals surface area contributed by atoms with E-state index in [2.05, 4.69) is 45.2 Å². The molecule has 0 saturated carbocycles. The zero-order valence-corrected chi connectivity index (χ0v) is 25.0. The zero-order valence-electron chi connectivity index (χ0n) is 22.6. The molecule has 0 radical (unpaired) electrons. The smallest absolute Gasteiger partial charge is 0.388 e. The molecular formula is C29H27F3N4O2S3. The summed E-state index contributed by atoms with van der Waals surface area (Å²) >= 11 is 2.99. The van der Waals surface area contributed by atoms with Crippen LogP contribution in [0.5, 0.6) is 0 Å². The molecule has 0 bridgehead atoms. The standard InChI is InChI=1S/C18H15F3N2O2S2.C11H12N2S/c1-12-5-6-13(16-4-3-9-26-16)10-15(12)23(2)27(24,25)14-7-8-22-17(11-14)18(19,20)21;1-8-3-4-9(5-11(8)12-2)10-6-13-14-7-10/h3-11H,1-2H3;3-7,12H,1-2H3. The van der Waals surface area contributed by atoms with Gasteiger partial charge in [-0.3, -0.25) is 9.29 Å².